The Bertz CT molecular complexity index is 3100. The van der Waals surface area contributed by atoms with E-state index in [9.17, 15) is 0 Å². The lowest BCUT2D eigenvalue weighted by molar-refractivity contribution is 0.666. The molecular formula is C48H30N2O2. The summed E-state index contributed by atoms with van der Waals surface area (Å²) < 4.78 is 13.4. The van der Waals surface area contributed by atoms with Crippen molar-refractivity contribution in [2.45, 2.75) is 13.8 Å². The summed E-state index contributed by atoms with van der Waals surface area (Å²) in [7, 11) is 0. The van der Waals surface area contributed by atoms with Crippen LogP contribution in [-0.4, -0.2) is 9.97 Å². The number of hydrogen-bond donors (Lipinski definition) is 0. The molecule has 0 aliphatic rings. The van der Waals surface area contributed by atoms with Crippen molar-refractivity contribution in [1.82, 2.24) is 9.97 Å². The smallest absolute Gasteiger partial charge is 0.143 e. The second-order valence-electron chi connectivity index (χ2n) is 13.8. The quantitative estimate of drug-likeness (QED) is 0.176. The molecule has 8 aromatic carbocycles. The summed E-state index contributed by atoms with van der Waals surface area (Å²) in [6, 6.07) is 49.2. The Morgan fingerprint density at radius 2 is 0.808 bits per heavy atom. The Balaban J connectivity index is 1.21. The Morgan fingerprint density at radius 1 is 0.385 bits per heavy atom. The van der Waals surface area contributed by atoms with Gasteiger partial charge in [0.15, 0.2) is 0 Å². The molecular weight excluding hydrogens is 637 g/mol. The van der Waals surface area contributed by atoms with Gasteiger partial charge in [-0.2, -0.15) is 0 Å². The largest absolute Gasteiger partial charge is 0.455 e. The molecule has 0 fully saturated rings. The monoisotopic (exact) mass is 666 g/mol. The Labute approximate surface area is 298 Å². The SMILES string of the molecule is Cc1cccc2c1oc1c(-c3cc(-c4cnc5c6ccccc6c6ccccc6c5n4)cc(-c4cccc5c4oc4c(C)cccc45)c3)cccc12. The highest BCUT2D eigenvalue weighted by Gasteiger charge is 2.19. The van der Waals surface area contributed by atoms with E-state index >= 15 is 0 Å². The van der Waals surface area contributed by atoms with Crippen LogP contribution in [-0.2, 0) is 0 Å². The van der Waals surface area contributed by atoms with Crippen molar-refractivity contribution in [2.24, 2.45) is 0 Å². The van der Waals surface area contributed by atoms with Crippen LogP contribution >= 0.6 is 0 Å². The second-order valence-corrected chi connectivity index (χ2v) is 13.8. The average molecular weight is 667 g/mol. The highest BCUT2D eigenvalue weighted by atomic mass is 16.3. The molecule has 4 nitrogen and oxygen atoms in total. The lowest BCUT2D eigenvalue weighted by atomic mass is 9.93. The van der Waals surface area contributed by atoms with E-state index in [1.807, 2.05) is 6.20 Å². The van der Waals surface area contributed by atoms with Gasteiger partial charge in [-0.05, 0) is 65.1 Å². The Hall–Kier alpha value is -6.78. The van der Waals surface area contributed by atoms with E-state index in [1.54, 1.807) is 0 Å². The molecule has 0 aliphatic heterocycles. The lowest BCUT2D eigenvalue weighted by Gasteiger charge is -2.13. The zero-order chi connectivity index (χ0) is 34.5. The van der Waals surface area contributed by atoms with Gasteiger partial charge in [0.2, 0.25) is 0 Å². The van der Waals surface area contributed by atoms with Gasteiger partial charge in [0.25, 0.3) is 0 Å². The van der Waals surface area contributed by atoms with Crippen molar-refractivity contribution in [1.29, 1.82) is 0 Å². The van der Waals surface area contributed by atoms with E-state index in [1.165, 1.54) is 10.8 Å². The molecule has 0 radical (unpaired) electrons. The molecule has 0 saturated heterocycles. The van der Waals surface area contributed by atoms with Crippen LogP contribution in [0.3, 0.4) is 0 Å². The van der Waals surface area contributed by atoms with Crippen molar-refractivity contribution >= 4 is 76.5 Å². The number of benzene rings is 8. The minimum atomic E-state index is 0.802. The fraction of sp³-hybridized carbons (Fsp3) is 0.0417. The molecule has 52 heavy (non-hydrogen) atoms. The van der Waals surface area contributed by atoms with E-state index in [4.69, 9.17) is 18.8 Å². The van der Waals surface area contributed by atoms with Crippen LogP contribution in [0, 0.1) is 13.8 Å². The van der Waals surface area contributed by atoms with Crippen LogP contribution < -0.4 is 0 Å². The predicted octanol–water partition coefficient (Wildman–Crippen LogP) is 13.4. The fourth-order valence-corrected chi connectivity index (χ4v) is 8.23. The van der Waals surface area contributed by atoms with Gasteiger partial charge in [0, 0.05) is 49.0 Å². The topological polar surface area (TPSA) is 52.1 Å². The number of fused-ring (bicyclic) bond motifs is 12. The predicted molar refractivity (Wildman–Crippen MR) is 215 cm³/mol. The lowest BCUT2D eigenvalue weighted by Crippen LogP contribution is -1.93. The van der Waals surface area contributed by atoms with Crippen molar-refractivity contribution in [3.8, 4) is 33.5 Å². The van der Waals surface area contributed by atoms with Crippen LogP contribution in [0.15, 0.2) is 155 Å². The number of aromatic nitrogens is 2. The first-order valence-electron chi connectivity index (χ1n) is 17.6. The maximum atomic E-state index is 6.68. The summed E-state index contributed by atoms with van der Waals surface area (Å²) in [4.78, 5) is 10.5. The third-order valence-corrected chi connectivity index (χ3v) is 10.7. The summed E-state index contributed by atoms with van der Waals surface area (Å²) in [6.07, 6.45) is 1.92. The summed E-state index contributed by atoms with van der Waals surface area (Å²) >= 11 is 0. The summed E-state index contributed by atoms with van der Waals surface area (Å²) in [5, 5.41) is 8.98. The zero-order valence-corrected chi connectivity index (χ0v) is 28.6. The van der Waals surface area contributed by atoms with E-state index in [-0.39, 0.29) is 0 Å². The van der Waals surface area contributed by atoms with Gasteiger partial charge in [0.05, 0.1) is 22.9 Å². The van der Waals surface area contributed by atoms with Gasteiger partial charge in [-0.1, -0.05) is 121 Å². The molecule has 0 unspecified atom stereocenters. The van der Waals surface area contributed by atoms with Gasteiger partial charge < -0.3 is 8.83 Å². The van der Waals surface area contributed by atoms with Crippen molar-refractivity contribution in [3.63, 3.8) is 0 Å². The highest BCUT2D eigenvalue weighted by molar-refractivity contribution is 6.23. The third kappa shape index (κ3) is 4.15. The Morgan fingerprint density at radius 3 is 1.35 bits per heavy atom. The minimum Gasteiger partial charge on any atom is -0.455 e. The van der Waals surface area contributed by atoms with Gasteiger partial charge in [0.1, 0.15) is 22.3 Å². The molecule has 244 valence electrons. The first-order chi connectivity index (χ1) is 25.6. The summed E-state index contributed by atoms with van der Waals surface area (Å²) in [5.41, 5.74) is 13.5. The molecule has 0 atom stereocenters. The molecule has 11 aromatic rings. The van der Waals surface area contributed by atoms with Gasteiger partial charge in [-0.3, -0.25) is 4.98 Å². The number of furan rings is 2. The molecule has 3 heterocycles. The molecule has 0 saturated carbocycles. The first kappa shape index (κ1) is 29.0. The maximum Gasteiger partial charge on any atom is 0.143 e. The maximum absolute atomic E-state index is 6.68. The molecule has 0 N–H and O–H groups in total. The van der Waals surface area contributed by atoms with Crippen LogP contribution in [0.1, 0.15) is 11.1 Å². The molecule has 4 heteroatoms. The number of aryl methyl sites for hydroxylation is 2. The van der Waals surface area contributed by atoms with Crippen LogP contribution in [0.25, 0.3) is 110 Å². The second kappa shape index (κ2) is 10.9. The zero-order valence-electron chi connectivity index (χ0n) is 28.6. The van der Waals surface area contributed by atoms with Crippen LogP contribution in [0.5, 0.6) is 0 Å². The standard InChI is InChI=1S/C48H30N2O2/c1-27-11-7-19-38-40-21-9-17-32(47(40)51-45(27)38)29-23-30(33-18-10-22-41-39-20-8-12-28(2)46(39)52-48(33)41)25-31(24-29)42-26-49-43-36-15-5-3-13-34(36)35-14-4-6-16-37(35)44(43)50-42/h3-26H,1-2H3. The highest BCUT2D eigenvalue weighted by Crippen LogP contribution is 2.43. The van der Waals surface area contributed by atoms with Gasteiger partial charge in [-0.15, -0.1) is 0 Å². The number of nitrogens with zero attached hydrogens (tertiary/aromatic N) is 2. The Kier molecular flexibility index (Phi) is 6.06. The minimum absolute atomic E-state index is 0.802. The third-order valence-electron chi connectivity index (χ3n) is 10.7. The molecule has 0 aliphatic carbocycles. The summed E-state index contributed by atoms with van der Waals surface area (Å²) in [5.74, 6) is 0. The van der Waals surface area contributed by atoms with Gasteiger partial charge in [-0.25, -0.2) is 4.98 Å². The average Bonchev–Trinajstić information content (AvgIpc) is 3.78. The number of rotatable bonds is 3. The van der Waals surface area contributed by atoms with Gasteiger partial charge >= 0.3 is 0 Å². The number of para-hydroxylation sites is 4. The number of hydrogen-bond acceptors (Lipinski definition) is 4. The van der Waals surface area contributed by atoms with E-state index in [0.717, 1.165) is 110 Å². The van der Waals surface area contributed by atoms with Crippen molar-refractivity contribution in [2.75, 3.05) is 0 Å². The molecule has 0 amide bonds. The molecule has 3 aromatic heterocycles. The summed E-state index contributed by atoms with van der Waals surface area (Å²) in [6.45, 7) is 4.20. The van der Waals surface area contributed by atoms with Crippen LogP contribution in [0.2, 0.25) is 0 Å². The molecule has 0 spiro atoms. The van der Waals surface area contributed by atoms with Crippen molar-refractivity contribution < 1.29 is 8.83 Å². The first-order valence-corrected chi connectivity index (χ1v) is 17.6. The normalized spacial score (nSPS) is 12.0. The molecule has 0 bridgehead atoms. The van der Waals surface area contributed by atoms with E-state index < -0.39 is 0 Å². The molecule has 11 rings (SSSR count). The van der Waals surface area contributed by atoms with E-state index in [0.29, 0.717) is 0 Å². The van der Waals surface area contributed by atoms with Crippen LogP contribution in [0.4, 0.5) is 0 Å². The fourth-order valence-electron chi connectivity index (χ4n) is 8.23. The van der Waals surface area contributed by atoms with E-state index in [2.05, 4.69) is 153 Å². The van der Waals surface area contributed by atoms with Crippen molar-refractivity contribution in [3.05, 3.63) is 157 Å².